The minimum absolute atomic E-state index is 0.799. The maximum atomic E-state index is 5.10. The highest BCUT2D eigenvalue weighted by Gasteiger charge is 2.07. The van der Waals surface area contributed by atoms with E-state index in [-0.39, 0.29) is 0 Å². The Morgan fingerprint density at radius 1 is 1.31 bits per heavy atom. The Labute approximate surface area is 97.8 Å². The molecule has 16 heavy (non-hydrogen) atoms. The maximum absolute atomic E-state index is 5.10. The van der Waals surface area contributed by atoms with Crippen LogP contribution >= 0.6 is 11.8 Å². The Hall–Kier alpha value is -1.56. The lowest BCUT2D eigenvalue weighted by atomic mass is 10.3. The van der Waals surface area contributed by atoms with Gasteiger partial charge in [0.1, 0.15) is 5.75 Å². The van der Waals surface area contributed by atoms with Gasteiger partial charge in [0.05, 0.1) is 12.8 Å². The van der Waals surface area contributed by atoms with Crippen molar-refractivity contribution >= 4 is 11.8 Å². The highest BCUT2D eigenvalue weighted by atomic mass is 32.2. The van der Waals surface area contributed by atoms with Crippen molar-refractivity contribution in [3.05, 3.63) is 24.3 Å². The summed E-state index contributed by atoms with van der Waals surface area (Å²) in [5.74, 6) is 1.76. The summed E-state index contributed by atoms with van der Waals surface area (Å²) >= 11 is 1.61. The van der Waals surface area contributed by atoms with Crippen LogP contribution in [-0.4, -0.2) is 33.1 Å². The fourth-order valence-electron chi connectivity index (χ4n) is 1.28. The predicted molar refractivity (Wildman–Crippen MR) is 62.1 cm³/mol. The number of hydrogen-bond acceptors (Lipinski definition) is 5. The van der Waals surface area contributed by atoms with Gasteiger partial charge in [0.15, 0.2) is 0 Å². The molecule has 0 radical (unpaired) electrons. The molecule has 2 rings (SSSR count). The van der Waals surface area contributed by atoms with E-state index in [2.05, 4.69) is 22.4 Å². The third-order valence-electron chi connectivity index (χ3n) is 2.03. The van der Waals surface area contributed by atoms with E-state index in [4.69, 9.17) is 4.74 Å². The number of aromatic nitrogens is 4. The van der Waals surface area contributed by atoms with Crippen LogP contribution in [0.25, 0.3) is 5.69 Å². The number of rotatable bonds is 4. The predicted octanol–water partition coefficient (Wildman–Crippen LogP) is 1.78. The van der Waals surface area contributed by atoms with Gasteiger partial charge in [0, 0.05) is 0 Å². The van der Waals surface area contributed by atoms with Crippen molar-refractivity contribution in [2.75, 3.05) is 12.9 Å². The van der Waals surface area contributed by atoms with Gasteiger partial charge in [0.2, 0.25) is 5.16 Å². The molecule has 5 nitrogen and oxygen atoms in total. The van der Waals surface area contributed by atoms with Crippen molar-refractivity contribution in [2.45, 2.75) is 12.1 Å². The molecule has 2 aromatic rings. The first-order chi connectivity index (χ1) is 7.85. The summed E-state index contributed by atoms with van der Waals surface area (Å²) in [6, 6.07) is 7.62. The molecule has 0 aliphatic carbocycles. The Morgan fingerprint density at radius 3 is 2.69 bits per heavy atom. The normalized spacial score (nSPS) is 10.4. The van der Waals surface area contributed by atoms with Crippen molar-refractivity contribution in [2.24, 2.45) is 0 Å². The first kappa shape index (κ1) is 10.9. The molecule has 0 saturated heterocycles. The van der Waals surface area contributed by atoms with E-state index < -0.39 is 0 Å². The van der Waals surface area contributed by atoms with Crippen LogP contribution in [0.15, 0.2) is 29.4 Å². The van der Waals surface area contributed by atoms with Gasteiger partial charge in [-0.25, -0.2) is 0 Å². The quantitative estimate of drug-likeness (QED) is 0.757. The van der Waals surface area contributed by atoms with Crippen LogP contribution in [0.1, 0.15) is 6.92 Å². The standard InChI is InChI=1S/C10H12N4OS/c1-3-16-10-11-12-13-14(10)8-4-6-9(15-2)7-5-8/h4-7H,3H2,1-2H3. The summed E-state index contributed by atoms with van der Waals surface area (Å²) in [6.45, 7) is 2.07. The largest absolute Gasteiger partial charge is 0.497 e. The number of nitrogens with zero attached hydrogens (tertiary/aromatic N) is 4. The lowest BCUT2D eigenvalue weighted by Gasteiger charge is -2.04. The summed E-state index contributed by atoms with van der Waals surface area (Å²) < 4.78 is 6.81. The highest BCUT2D eigenvalue weighted by molar-refractivity contribution is 7.99. The lowest BCUT2D eigenvalue weighted by Crippen LogP contribution is -1.98. The maximum Gasteiger partial charge on any atom is 0.214 e. The van der Waals surface area contributed by atoms with Crippen LogP contribution in [0.2, 0.25) is 0 Å². The molecular weight excluding hydrogens is 224 g/mol. The Balaban J connectivity index is 2.31. The summed E-state index contributed by atoms with van der Waals surface area (Å²) in [4.78, 5) is 0. The minimum atomic E-state index is 0.799. The van der Waals surface area contributed by atoms with E-state index in [9.17, 15) is 0 Å². The first-order valence-electron chi connectivity index (χ1n) is 4.90. The van der Waals surface area contributed by atoms with Gasteiger partial charge in [-0.15, -0.1) is 5.10 Å². The monoisotopic (exact) mass is 236 g/mol. The number of thioether (sulfide) groups is 1. The zero-order valence-electron chi connectivity index (χ0n) is 9.12. The van der Waals surface area contributed by atoms with Gasteiger partial charge < -0.3 is 4.74 Å². The molecule has 0 unspecified atom stereocenters. The number of methoxy groups -OCH3 is 1. The SMILES string of the molecule is CCSc1nnnn1-c1ccc(OC)cc1. The third kappa shape index (κ3) is 2.16. The topological polar surface area (TPSA) is 52.8 Å². The number of tetrazole rings is 1. The van der Waals surface area contributed by atoms with Crippen molar-refractivity contribution in [1.29, 1.82) is 0 Å². The molecular formula is C10H12N4OS. The molecule has 0 N–H and O–H groups in total. The minimum Gasteiger partial charge on any atom is -0.497 e. The molecule has 0 saturated carbocycles. The molecule has 0 fully saturated rings. The zero-order chi connectivity index (χ0) is 11.4. The van der Waals surface area contributed by atoms with Gasteiger partial charge in [0.25, 0.3) is 0 Å². The smallest absolute Gasteiger partial charge is 0.214 e. The molecule has 1 aromatic carbocycles. The molecule has 1 aromatic heterocycles. The van der Waals surface area contributed by atoms with E-state index in [1.807, 2.05) is 24.3 Å². The van der Waals surface area contributed by atoms with Crippen molar-refractivity contribution in [3.63, 3.8) is 0 Å². The molecule has 1 heterocycles. The van der Waals surface area contributed by atoms with Crippen LogP contribution in [0, 0.1) is 0 Å². The highest BCUT2D eigenvalue weighted by Crippen LogP contribution is 2.19. The lowest BCUT2D eigenvalue weighted by molar-refractivity contribution is 0.414. The second-order valence-electron chi connectivity index (χ2n) is 3.00. The van der Waals surface area contributed by atoms with Gasteiger partial charge in [-0.2, -0.15) is 4.68 Å². The molecule has 0 aliphatic heterocycles. The fourth-order valence-corrected chi connectivity index (χ4v) is 1.90. The number of ether oxygens (including phenoxy) is 1. The Kier molecular flexibility index (Phi) is 3.40. The van der Waals surface area contributed by atoms with Crippen LogP contribution in [-0.2, 0) is 0 Å². The van der Waals surface area contributed by atoms with Gasteiger partial charge in [-0.05, 0) is 40.4 Å². The Bertz CT molecular complexity index is 454. The molecule has 0 spiro atoms. The van der Waals surface area contributed by atoms with Crippen molar-refractivity contribution < 1.29 is 4.74 Å². The molecule has 84 valence electrons. The summed E-state index contributed by atoms with van der Waals surface area (Å²) in [6.07, 6.45) is 0. The van der Waals surface area contributed by atoms with Crippen LogP contribution < -0.4 is 4.74 Å². The van der Waals surface area contributed by atoms with E-state index in [1.165, 1.54) is 0 Å². The summed E-state index contributed by atoms with van der Waals surface area (Å²) in [7, 11) is 1.64. The average Bonchev–Trinajstić information content (AvgIpc) is 2.78. The van der Waals surface area contributed by atoms with Crippen molar-refractivity contribution in [3.8, 4) is 11.4 Å². The van der Waals surface area contributed by atoms with Crippen LogP contribution in [0.4, 0.5) is 0 Å². The van der Waals surface area contributed by atoms with Crippen molar-refractivity contribution in [1.82, 2.24) is 20.2 Å². The molecule has 0 amide bonds. The Morgan fingerprint density at radius 2 is 2.06 bits per heavy atom. The second-order valence-corrected chi connectivity index (χ2v) is 4.24. The van der Waals surface area contributed by atoms with Gasteiger partial charge in [-0.1, -0.05) is 18.7 Å². The van der Waals surface area contributed by atoms with E-state index >= 15 is 0 Å². The molecule has 6 heteroatoms. The van der Waals surface area contributed by atoms with E-state index in [0.29, 0.717) is 0 Å². The third-order valence-corrected chi connectivity index (χ3v) is 2.83. The summed E-state index contributed by atoms with van der Waals surface area (Å²) in [5.41, 5.74) is 0.932. The molecule has 0 atom stereocenters. The average molecular weight is 236 g/mol. The van der Waals surface area contributed by atoms with Crippen LogP contribution in [0.3, 0.4) is 0 Å². The summed E-state index contributed by atoms with van der Waals surface area (Å²) in [5, 5.41) is 12.4. The van der Waals surface area contributed by atoms with E-state index in [0.717, 1.165) is 22.3 Å². The number of hydrogen-bond donors (Lipinski definition) is 0. The first-order valence-corrected chi connectivity index (χ1v) is 5.89. The molecule has 0 aliphatic rings. The van der Waals surface area contributed by atoms with Gasteiger partial charge >= 0.3 is 0 Å². The van der Waals surface area contributed by atoms with Gasteiger partial charge in [-0.3, -0.25) is 0 Å². The zero-order valence-corrected chi connectivity index (χ0v) is 9.94. The number of benzene rings is 1. The van der Waals surface area contributed by atoms with E-state index in [1.54, 1.807) is 23.6 Å². The molecule has 0 bridgehead atoms. The van der Waals surface area contributed by atoms with Crippen LogP contribution in [0.5, 0.6) is 5.75 Å². The second kappa shape index (κ2) is 4.98. The fraction of sp³-hybridized carbons (Fsp3) is 0.300.